The average molecular weight is 250 g/mol. The van der Waals surface area contributed by atoms with Gasteiger partial charge in [-0.1, -0.05) is 0 Å². The first-order valence-corrected chi connectivity index (χ1v) is 6.43. The van der Waals surface area contributed by atoms with Crippen molar-refractivity contribution in [2.75, 3.05) is 38.6 Å². The van der Waals surface area contributed by atoms with Gasteiger partial charge in [0.15, 0.2) is 0 Å². The van der Waals surface area contributed by atoms with Crippen LogP contribution in [-0.4, -0.2) is 53.7 Å². The highest BCUT2D eigenvalue weighted by Gasteiger charge is 2.21. The first-order valence-electron chi connectivity index (χ1n) is 6.43. The Morgan fingerprint density at radius 3 is 2.89 bits per heavy atom. The van der Waals surface area contributed by atoms with Crippen molar-refractivity contribution < 1.29 is 5.11 Å². The Morgan fingerprint density at radius 1 is 1.56 bits per heavy atom. The van der Waals surface area contributed by atoms with Gasteiger partial charge in [0.1, 0.15) is 0 Å². The summed E-state index contributed by atoms with van der Waals surface area (Å²) in [6.45, 7) is 5.24. The molecule has 100 valence electrons. The molecule has 0 amide bonds. The highest BCUT2D eigenvalue weighted by atomic mass is 16.3. The topological polar surface area (TPSA) is 52.5 Å². The summed E-state index contributed by atoms with van der Waals surface area (Å²) in [6, 6.07) is 0. The molecule has 2 rings (SSSR count). The second kappa shape index (κ2) is 5.63. The Morgan fingerprint density at radius 2 is 2.33 bits per heavy atom. The maximum atomic E-state index is 9.11. The molecule has 1 fully saturated rings. The molecule has 1 saturated heterocycles. The number of nitrogens with zero attached hydrogens (tertiary/aromatic N) is 4. The molecule has 0 radical (unpaired) electrons. The molecule has 0 spiro atoms. The van der Waals surface area contributed by atoms with E-state index < -0.39 is 0 Å². The van der Waals surface area contributed by atoms with Crippen molar-refractivity contribution in [3.8, 4) is 0 Å². The molecule has 1 aliphatic heterocycles. The predicted molar refractivity (Wildman–Crippen MR) is 71.6 cm³/mol. The van der Waals surface area contributed by atoms with Crippen molar-refractivity contribution >= 4 is 5.95 Å². The van der Waals surface area contributed by atoms with Crippen molar-refractivity contribution in [3.05, 3.63) is 17.5 Å². The molecule has 5 heteroatoms. The smallest absolute Gasteiger partial charge is 0.225 e. The number of aryl methyl sites for hydroxylation is 1. The quantitative estimate of drug-likeness (QED) is 0.851. The lowest BCUT2D eigenvalue weighted by Crippen LogP contribution is -2.28. The van der Waals surface area contributed by atoms with Gasteiger partial charge < -0.3 is 14.9 Å². The summed E-state index contributed by atoms with van der Waals surface area (Å²) in [6.07, 6.45) is 2.96. The van der Waals surface area contributed by atoms with Crippen molar-refractivity contribution in [1.82, 2.24) is 14.9 Å². The second-order valence-corrected chi connectivity index (χ2v) is 5.24. The van der Waals surface area contributed by atoms with Crippen LogP contribution in [0.15, 0.2) is 6.20 Å². The third-order valence-electron chi connectivity index (χ3n) is 3.60. The van der Waals surface area contributed by atoms with Crippen LogP contribution in [0.5, 0.6) is 0 Å². The van der Waals surface area contributed by atoms with Crippen LogP contribution < -0.4 is 4.90 Å². The van der Waals surface area contributed by atoms with Gasteiger partial charge in [-0.25, -0.2) is 9.97 Å². The molecule has 0 saturated carbocycles. The molecule has 2 heterocycles. The van der Waals surface area contributed by atoms with Gasteiger partial charge in [-0.3, -0.25) is 0 Å². The third kappa shape index (κ3) is 2.97. The van der Waals surface area contributed by atoms with Crippen LogP contribution in [0.4, 0.5) is 5.95 Å². The van der Waals surface area contributed by atoms with E-state index in [4.69, 9.17) is 5.11 Å². The molecule has 5 nitrogen and oxygen atoms in total. The number of aliphatic hydroxyl groups is 1. The summed E-state index contributed by atoms with van der Waals surface area (Å²) in [5.74, 6) is 1.45. The van der Waals surface area contributed by atoms with Crippen LogP contribution in [0.3, 0.4) is 0 Å². The zero-order chi connectivity index (χ0) is 13.1. The van der Waals surface area contributed by atoms with Crippen molar-refractivity contribution in [2.24, 2.45) is 5.92 Å². The SMILES string of the molecule is Cc1nc(N(C)CC2CCN(C)C2)ncc1CO. The van der Waals surface area contributed by atoms with Crippen LogP contribution in [0.25, 0.3) is 0 Å². The minimum absolute atomic E-state index is 0.00322. The summed E-state index contributed by atoms with van der Waals surface area (Å²) in [7, 11) is 4.20. The van der Waals surface area contributed by atoms with E-state index in [1.54, 1.807) is 6.20 Å². The van der Waals surface area contributed by atoms with E-state index in [9.17, 15) is 0 Å². The minimum Gasteiger partial charge on any atom is -0.392 e. The van der Waals surface area contributed by atoms with Crippen molar-refractivity contribution in [3.63, 3.8) is 0 Å². The number of hydrogen-bond donors (Lipinski definition) is 1. The normalized spacial score (nSPS) is 20.3. The molecule has 1 aromatic heterocycles. The van der Waals surface area contributed by atoms with E-state index in [-0.39, 0.29) is 6.61 Å². The van der Waals surface area contributed by atoms with Gasteiger partial charge in [0.25, 0.3) is 0 Å². The molecular formula is C13H22N4O. The monoisotopic (exact) mass is 250 g/mol. The van der Waals surface area contributed by atoms with Crippen LogP contribution in [-0.2, 0) is 6.61 Å². The van der Waals surface area contributed by atoms with Crippen molar-refractivity contribution in [2.45, 2.75) is 20.0 Å². The first-order chi connectivity index (χ1) is 8.60. The van der Waals surface area contributed by atoms with Crippen LogP contribution in [0, 0.1) is 12.8 Å². The molecule has 1 aromatic rings. The van der Waals surface area contributed by atoms with Crippen LogP contribution in [0.1, 0.15) is 17.7 Å². The van der Waals surface area contributed by atoms with Gasteiger partial charge in [0, 0.05) is 37.6 Å². The summed E-state index contributed by atoms with van der Waals surface area (Å²) in [5.41, 5.74) is 1.66. The highest BCUT2D eigenvalue weighted by molar-refractivity contribution is 5.31. The van der Waals surface area contributed by atoms with Gasteiger partial charge in [-0.2, -0.15) is 0 Å². The number of aromatic nitrogens is 2. The van der Waals surface area contributed by atoms with E-state index in [0.717, 1.165) is 30.3 Å². The predicted octanol–water partition coefficient (Wildman–Crippen LogP) is 0.665. The van der Waals surface area contributed by atoms with Crippen molar-refractivity contribution in [1.29, 1.82) is 0 Å². The zero-order valence-electron chi connectivity index (χ0n) is 11.4. The fraction of sp³-hybridized carbons (Fsp3) is 0.692. The fourth-order valence-electron chi connectivity index (χ4n) is 2.46. The summed E-state index contributed by atoms with van der Waals surface area (Å²) >= 11 is 0. The van der Waals surface area contributed by atoms with Crippen LogP contribution in [0.2, 0.25) is 0 Å². The molecule has 1 atom stereocenters. The van der Waals surface area contributed by atoms with Gasteiger partial charge in [-0.15, -0.1) is 0 Å². The highest BCUT2D eigenvalue weighted by Crippen LogP contribution is 2.17. The maximum absolute atomic E-state index is 9.11. The Balaban J connectivity index is 2.00. The average Bonchev–Trinajstić information content (AvgIpc) is 2.74. The Kier molecular flexibility index (Phi) is 4.14. The number of aliphatic hydroxyl groups excluding tert-OH is 1. The third-order valence-corrected chi connectivity index (χ3v) is 3.60. The van der Waals surface area contributed by atoms with Crippen LogP contribution >= 0.6 is 0 Å². The van der Waals surface area contributed by atoms with Gasteiger partial charge in [0.05, 0.1) is 6.61 Å². The number of likely N-dealkylation sites (tertiary alicyclic amines) is 1. The molecule has 0 aromatic carbocycles. The lowest BCUT2D eigenvalue weighted by atomic mass is 10.1. The molecule has 18 heavy (non-hydrogen) atoms. The summed E-state index contributed by atoms with van der Waals surface area (Å²) < 4.78 is 0. The standard InChI is InChI=1S/C13H22N4O/c1-10-12(9-18)6-14-13(15-10)17(3)8-11-4-5-16(2)7-11/h6,11,18H,4-5,7-9H2,1-3H3. The van der Waals surface area contributed by atoms with E-state index in [1.165, 1.54) is 13.0 Å². The Labute approximate surface area is 108 Å². The molecule has 0 bridgehead atoms. The number of anilines is 1. The lowest BCUT2D eigenvalue weighted by molar-refractivity contribution is 0.280. The molecular weight excluding hydrogens is 228 g/mol. The van der Waals surface area contributed by atoms with Gasteiger partial charge in [-0.05, 0) is 32.9 Å². The maximum Gasteiger partial charge on any atom is 0.225 e. The fourth-order valence-corrected chi connectivity index (χ4v) is 2.46. The van der Waals surface area contributed by atoms with E-state index >= 15 is 0 Å². The molecule has 1 aliphatic rings. The summed E-state index contributed by atoms with van der Waals surface area (Å²) in [5, 5.41) is 9.11. The molecule has 1 unspecified atom stereocenters. The number of rotatable bonds is 4. The minimum atomic E-state index is 0.00322. The first kappa shape index (κ1) is 13.2. The van der Waals surface area contributed by atoms with E-state index in [2.05, 4.69) is 26.8 Å². The largest absolute Gasteiger partial charge is 0.392 e. The van der Waals surface area contributed by atoms with E-state index in [1.807, 2.05) is 14.0 Å². The van der Waals surface area contributed by atoms with E-state index in [0.29, 0.717) is 5.92 Å². The van der Waals surface area contributed by atoms with Gasteiger partial charge in [0.2, 0.25) is 5.95 Å². The molecule has 1 N–H and O–H groups in total. The second-order valence-electron chi connectivity index (χ2n) is 5.24. The number of hydrogen-bond acceptors (Lipinski definition) is 5. The Hall–Kier alpha value is -1.20. The summed E-state index contributed by atoms with van der Waals surface area (Å²) in [4.78, 5) is 13.2. The zero-order valence-corrected chi connectivity index (χ0v) is 11.4. The molecule has 0 aliphatic carbocycles. The Bertz CT molecular complexity index is 410. The van der Waals surface area contributed by atoms with Gasteiger partial charge >= 0.3 is 0 Å². The lowest BCUT2D eigenvalue weighted by Gasteiger charge is -2.21.